The summed E-state index contributed by atoms with van der Waals surface area (Å²) >= 11 is 0. The van der Waals surface area contributed by atoms with Crippen LogP contribution in [-0.4, -0.2) is 62.0 Å². The summed E-state index contributed by atoms with van der Waals surface area (Å²) in [4.78, 5) is 37.3. The van der Waals surface area contributed by atoms with Crippen molar-refractivity contribution in [2.45, 2.75) is 24.6 Å². The van der Waals surface area contributed by atoms with Crippen LogP contribution in [0.15, 0.2) is 35.9 Å². The molecule has 1 unspecified atom stereocenters. The molecule has 6 nitrogen and oxygen atoms in total. The number of likely N-dealkylation sites (N-methyl/N-ethyl adjacent to an activating group) is 1. The minimum atomic E-state index is -5.01. The normalized spacial score (nSPS) is 20.5. The van der Waals surface area contributed by atoms with E-state index in [9.17, 15) is 27.6 Å². The molecule has 1 aromatic carbocycles. The average molecular weight is 399 g/mol. The van der Waals surface area contributed by atoms with Crippen molar-refractivity contribution < 1.29 is 37.0 Å². The van der Waals surface area contributed by atoms with Gasteiger partial charge in [-0.3, -0.25) is 14.5 Å². The SMILES string of the molecule is COC(=O)C1(C(F)(F)F)C=C(CCC(=O)c2ccccc2OC)C(=O)CN1C. The molecule has 28 heavy (non-hydrogen) atoms. The Kier molecular flexibility index (Phi) is 6.28. The predicted octanol–water partition coefficient (Wildman–Crippen LogP) is 2.57. The number of hydrogen-bond acceptors (Lipinski definition) is 6. The third-order valence-electron chi connectivity index (χ3n) is 4.68. The van der Waals surface area contributed by atoms with Gasteiger partial charge in [0.2, 0.25) is 5.54 Å². The second kappa shape index (κ2) is 8.14. The van der Waals surface area contributed by atoms with Crippen LogP contribution in [0.25, 0.3) is 0 Å². The Balaban J connectivity index is 2.34. The highest BCUT2D eigenvalue weighted by Gasteiger charge is 2.64. The number of alkyl halides is 3. The highest BCUT2D eigenvalue weighted by Crippen LogP contribution is 2.41. The molecule has 0 saturated heterocycles. The third kappa shape index (κ3) is 3.80. The largest absolute Gasteiger partial charge is 0.496 e. The number of ether oxygens (including phenoxy) is 2. The van der Waals surface area contributed by atoms with Gasteiger partial charge in [0.05, 0.1) is 26.3 Å². The molecule has 1 aromatic rings. The molecule has 1 aliphatic rings. The molecule has 152 valence electrons. The van der Waals surface area contributed by atoms with Gasteiger partial charge in [0.1, 0.15) is 5.75 Å². The fourth-order valence-electron chi connectivity index (χ4n) is 3.14. The van der Waals surface area contributed by atoms with Crippen molar-refractivity contribution in [1.29, 1.82) is 0 Å². The Morgan fingerprint density at radius 3 is 2.43 bits per heavy atom. The number of para-hydroxylation sites is 1. The van der Waals surface area contributed by atoms with Gasteiger partial charge in [-0.2, -0.15) is 13.2 Å². The Bertz CT molecular complexity index is 818. The van der Waals surface area contributed by atoms with Crippen molar-refractivity contribution in [1.82, 2.24) is 4.90 Å². The van der Waals surface area contributed by atoms with Gasteiger partial charge in [-0.25, -0.2) is 4.79 Å². The first-order valence-corrected chi connectivity index (χ1v) is 8.36. The number of hydrogen-bond donors (Lipinski definition) is 0. The number of Topliss-reactive ketones (excluding diaryl/α,β-unsaturated/α-hetero) is 2. The molecule has 0 N–H and O–H groups in total. The van der Waals surface area contributed by atoms with Crippen LogP contribution in [0.5, 0.6) is 5.75 Å². The second-order valence-corrected chi connectivity index (χ2v) is 6.33. The Hall–Kier alpha value is -2.68. The first-order valence-electron chi connectivity index (χ1n) is 8.36. The third-order valence-corrected chi connectivity index (χ3v) is 4.68. The topological polar surface area (TPSA) is 72.9 Å². The van der Waals surface area contributed by atoms with Crippen molar-refractivity contribution in [3.63, 3.8) is 0 Å². The van der Waals surface area contributed by atoms with E-state index < -0.39 is 30.0 Å². The van der Waals surface area contributed by atoms with Gasteiger partial charge in [0.15, 0.2) is 11.6 Å². The van der Waals surface area contributed by atoms with Crippen LogP contribution in [0.1, 0.15) is 23.2 Å². The van der Waals surface area contributed by atoms with E-state index in [4.69, 9.17) is 4.74 Å². The standard InChI is InChI=1S/C19H20F3NO5/c1-23-11-15(25)12(10-18(23,17(26)28-3)19(20,21)22)8-9-14(24)13-6-4-5-7-16(13)27-2/h4-7,10H,8-9,11H2,1-3H3. The molecule has 0 aliphatic carbocycles. The molecule has 2 rings (SSSR count). The number of nitrogens with zero attached hydrogens (tertiary/aromatic N) is 1. The summed E-state index contributed by atoms with van der Waals surface area (Å²) in [6, 6.07) is 6.41. The molecule has 0 bridgehead atoms. The Labute approximate surface area is 159 Å². The van der Waals surface area contributed by atoms with Gasteiger partial charge in [0, 0.05) is 6.42 Å². The van der Waals surface area contributed by atoms with Crippen LogP contribution in [0.2, 0.25) is 0 Å². The predicted molar refractivity (Wildman–Crippen MR) is 93.1 cm³/mol. The van der Waals surface area contributed by atoms with E-state index in [2.05, 4.69) is 4.74 Å². The summed E-state index contributed by atoms with van der Waals surface area (Å²) in [6.45, 7) is -0.622. The number of carbonyl (C=O) groups excluding carboxylic acids is 3. The average Bonchev–Trinajstić information content (AvgIpc) is 2.65. The summed E-state index contributed by atoms with van der Waals surface area (Å²) in [6.07, 6.45) is -4.89. The van der Waals surface area contributed by atoms with Crippen LogP contribution in [0, 0.1) is 0 Å². The molecule has 1 atom stereocenters. The molecule has 0 amide bonds. The highest BCUT2D eigenvalue weighted by atomic mass is 19.4. The molecule has 0 aromatic heterocycles. The summed E-state index contributed by atoms with van der Waals surface area (Å²) < 4.78 is 50.8. The maximum atomic E-state index is 13.8. The van der Waals surface area contributed by atoms with Crippen molar-refractivity contribution in [3.8, 4) is 5.75 Å². The van der Waals surface area contributed by atoms with Gasteiger partial charge in [0.25, 0.3) is 0 Å². The summed E-state index contributed by atoms with van der Waals surface area (Å²) in [7, 11) is 3.26. The number of ketones is 2. The number of halogens is 3. The lowest BCUT2D eigenvalue weighted by Gasteiger charge is -2.41. The van der Waals surface area contributed by atoms with Crippen LogP contribution < -0.4 is 4.74 Å². The van der Waals surface area contributed by atoms with Gasteiger partial charge < -0.3 is 9.47 Å². The molecule has 9 heteroatoms. The maximum absolute atomic E-state index is 13.8. The van der Waals surface area contributed by atoms with E-state index in [1.807, 2.05) is 0 Å². The molecule has 1 heterocycles. The number of methoxy groups -OCH3 is 2. The zero-order valence-electron chi connectivity index (χ0n) is 15.6. The molecular formula is C19H20F3NO5. The highest BCUT2D eigenvalue weighted by molar-refractivity contribution is 6.03. The van der Waals surface area contributed by atoms with Crippen LogP contribution >= 0.6 is 0 Å². The van der Waals surface area contributed by atoms with Gasteiger partial charge in [-0.1, -0.05) is 12.1 Å². The van der Waals surface area contributed by atoms with Crippen LogP contribution in [-0.2, 0) is 14.3 Å². The summed E-state index contributed by atoms with van der Waals surface area (Å²) in [5.41, 5.74) is -3.04. The first kappa shape index (κ1) is 21.6. The quantitative estimate of drug-likeness (QED) is 0.541. The number of esters is 1. The smallest absolute Gasteiger partial charge is 0.421 e. The lowest BCUT2D eigenvalue weighted by atomic mass is 9.85. The van der Waals surface area contributed by atoms with E-state index in [1.54, 1.807) is 18.2 Å². The summed E-state index contributed by atoms with van der Waals surface area (Å²) in [5, 5.41) is 0. The number of carbonyl (C=O) groups is 3. The van der Waals surface area contributed by atoms with E-state index in [0.29, 0.717) is 16.7 Å². The van der Waals surface area contributed by atoms with Crippen molar-refractivity contribution in [2.24, 2.45) is 0 Å². The van der Waals surface area contributed by atoms with E-state index in [-0.39, 0.29) is 29.8 Å². The van der Waals surface area contributed by atoms with Gasteiger partial charge in [-0.15, -0.1) is 0 Å². The van der Waals surface area contributed by atoms with E-state index in [1.165, 1.54) is 13.2 Å². The fraction of sp³-hybridized carbons (Fsp3) is 0.421. The lowest BCUT2D eigenvalue weighted by Crippen LogP contribution is -2.65. The van der Waals surface area contributed by atoms with Crippen molar-refractivity contribution in [2.75, 3.05) is 27.8 Å². The minimum Gasteiger partial charge on any atom is -0.496 e. The van der Waals surface area contributed by atoms with Gasteiger partial charge >= 0.3 is 12.1 Å². The monoisotopic (exact) mass is 399 g/mol. The van der Waals surface area contributed by atoms with E-state index >= 15 is 0 Å². The molecule has 1 aliphatic heterocycles. The first-order chi connectivity index (χ1) is 13.1. The Morgan fingerprint density at radius 1 is 1.21 bits per heavy atom. The molecule has 0 fully saturated rings. The fourth-order valence-corrected chi connectivity index (χ4v) is 3.14. The molecule has 0 saturated carbocycles. The Morgan fingerprint density at radius 2 is 1.86 bits per heavy atom. The van der Waals surface area contributed by atoms with Gasteiger partial charge in [-0.05, 0) is 37.3 Å². The zero-order valence-corrected chi connectivity index (χ0v) is 15.6. The number of rotatable bonds is 6. The van der Waals surface area contributed by atoms with Crippen molar-refractivity contribution >= 4 is 17.5 Å². The van der Waals surface area contributed by atoms with Crippen molar-refractivity contribution in [3.05, 3.63) is 41.5 Å². The minimum absolute atomic E-state index is 0.212. The van der Waals surface area contributed by atoms with Crippen LogP contribution in [0.4, 0.5) is 13.2 Å². The molecule has 0 spiro atoms. The maximum Gasteiger partial charge on any atom is 0.421 e. The van der Waals surface area contributed by atoms with E-state index in [0.717, 1.165) is 14.2 Å². The van der Waals surface area contributed by atoms with Crippen LogP contribution in [0.3, 0.4) is 0 Å². The molecule has 0 radical (unpaired) electrons. The second-order valence-electron chi connectivity index (χ2n) is 6.33. The zero-order chi connectivity index (χ0) is 21.1. The summed E-state index contributed by atoms with van der Waals surface area (Å²) in [5.74, 6) is -2.18. The lowest BCUT2D eigenvalue weighted by molar-refractivity contribution is -0.223. The molecular weight excluding hydrogens is 379 g/mol. The number of benzene rings is 1.